The number of hydrogen-bond acceptors (Lipinski definition) is 5. The van der Waals surface area contributed by atoms with Crippen molar-refractivity contribution in [3.05, 3.63) is 42.7 Å². The maximum Gasteiger partial charge on any atom is 0.243 e. The Morgan fingerprint density at radius 1 is 1.13 bits per heavy atom. The summed E-state index contributed by atoms with van der Waals surface area (Å²) in [6, 6.07) is 9.38. The minimum atomic E-state index is -3.57. The molecule has 6 nitrogen and oxygen atoms in total. The van der Waals surface area contributed by atoms with Gasteiger partial charge in [-0.3, -0.25) is 0 Å². The van der Waals surface area contributed by atoms with E-state index in [4.69, 9.17) is 0 Å². The fourth-order valence-corrected chi connectivity index (χ4v) is 3.59. The van der Waals surface area contributed by atoms with Gasteiger partial charge in [0.15, 0.2) is 5.82 Å². The summed E-state index contributed by atoms with van der Waals surface area (Å²) in [6.45, 7) is 1.59. The molecule has 1 aliphatic rings. The van der Waals surface area contributed by atoms with Gasteiger partial charge in [0.25, 0.3) is 0 Å². The number of sulfonamides is 1. The van der Waals surface area contributed by atoms with E-state index in [1.54, 1.807) is 0 Å². The summed E-state index contributed by atoms with van der Waals surface area (Å²) in [5.41, 5.74) is 0.857. The topological polar surface area (TPSA) is 84.0 Å². The summed E-state index contributed by atoms with van der Waals surface area (Å²) >= 11 is 0. The quantitative estimate of drug-likeness (QED) is 0.871. The van der Waals surface area contributed by atoms with Crippen LogP contribution < -0.4 is 10.0 Å². The predicted molar refractivity (Wildman–Crippen MR) is 90.9 cm³/mol. The van der Waals surface area contributed by atoms with Gasteiger partial charge in [-0.05, 0) is 19.4 Å². The van der Waals surface area contributed by atoms with Crippen molar-refractivity contribution >= 4 is 22.4 Å². The van der Waals surface area contributed by atoms with Crippen LogP contribution in [0.2, 0.25) is 0 Å². The van der Waals surface area contributed by atoms with Crippen LogP contribution in [-0.2, 0) is 10.0 Å². The van der Waals surface area contributed by atoms with Gasteiger partial charge >= 0.3 is 0 Å². The Bertz CT molecular complexity index is 717. The molecule has 1 aromatic carbocycles. The monoisotopic (exact) mass is 354 g/mol. The summed E-state index contributed by atoms with van der Waals surface area (Å²) in [5, 5.41) is 3.18. The number of halogens is 1. The molecule has 0 aliphatic carbocycles. The predicted octanol–water partition coefficient (Wildman–Crippen LogP) is 1.60. The van der Waals surface area contributed by atoms with Gasteiger partial charge in [0, 0.05) is 18.2 Å². The largest absolute Gasteiger partial charge is 0.315 e. The number of aromatic nitrogens is 2. The summed E-state index contributed by atoms with van der Waals surface area (Å²) in [5.74, 6) is 0.513. The van der Waals surface area contributed by atoms with Crippen molar-refractivity contribution in [2.45, 2.75) is 23.8 Å². The number of rotatable bonds is 4. The molecule has 1 aromatic heterocycles. The first-order chi connectivity index (χ1) is 10.6. The lowest BCUT2D eigenvalue weighted by Crippen LogP contribution is -2.45. The van der Waals surface area contributed by atoms with Crippen molar-refractivity contribution in [3.8, 4) is 11.4 Å². The van der Waals surface area contributed by atoms with Crippen LogP contribution in [0.5, 0.6) is 0 Å². The lowest BCUT2D eigenvalue weighted by Gasteiger charge is -2.23. The molecule has 0 amide bonds. The highest BCUT2D eigenvalue weighted by atomic mass is 35.5. The minimum Gasteiger partial charge on any atom is -0.315 e. The van der Waals surface area contributed by atoms with E-state index in [-0.39, 0.29) is 23.3 Å². The van der Waals surface area contributed by atoms with Crippen molar-refractivity contribution in [2.24, 2.45) is 0 Å². The number of benzene rings is 1. The molecular formula is C15H19ClN4O2S. The van der Waals surface area contributed by atoms with E-state index >= 15 is 0 Å². The number of piperidine rings is 1. The van der Waals surface area contributed by atoms with Gasteiger partial charge in [0.05, 0.1) is 12.4 Å². The first-order valence-corrected chi connectivity index (χ1v) is 8.74. The molecule has 0 spiro atoms. The van der Waals surface area contributed by atoms with Crippen molar-refractivity contribution in [2.75, 3.05) is 13.1 Å². The van der Waals surface area contributed by atoms with Gasteiger partial charge in [0.2, 0.25) is 10.0 Å². The zero-order valence-electron chi connectivity index (χ0n) is 12.5. The van der Waals surface area contributed by atoms with E-state index in [1.165, 1.54) is 12.4 Å². The lowest BCUT2D eigenvalue weighted by molar-refractivity contribution is 0.428. The maximum atomic E-state index is 12.3. The second-order valence-electron chi connectivity index (χ2n) is 5.27. The zero-order valence-corrected chi connectivity index (χ0v) is 14.1. The molecule has 23 heavy (non-hydrogen) atoms. The van der Waals surface area contributed by atoms with E-state index in [9.17, 15) is 8.42 Å². The van der Waals surface area contributed by atoms with Crippen LogP contribution in [0.1, 0.15) is 12.8 Å². The molecule has 124 valence electrons. The van der Waals surface area contributed by atoms with E-state index in [0.717, 1.165) is 24.9 Å². The molecule has 3 rings (SSSR count). The standard InChI is InChI=1S/C15H18N4O2S.ClH/c20-22(21,19-13-7-4-8-16-9-13)14-10-17-15(18-11-14)12-5-2-1-3-6-12;/h1-3,5-6,10-11,13,16,19H,4,7-9H2;1H. The smallest absolute Gasteiger partial charge is 0.243 e. The second kappa shape index (κ2) is 7.83. The van der Waals surface area contributed by atoms with E-state index in [0.29, 0.717) is 12.4 Å². The Balaban J connectivity index is 0.00000192. The molecule has 2 aromatic rings. The number of nitrogens with one attached hydrogen (secondary N) is 2. The molecule has 2 heterocycles. The third-order valence-corrected chi connectivity index (χ3v) is 5.06. The zero-order chi connectivity index (χ0) is 15.4. The lowest BCUT2D eigenvalue weighted by atomic mass is 10.1. The van der Waals surface area contributed by atoms with E-state index in [2.05, 4.69) is 20.0 Å². The van der Waals surface area contributed by atoms with Crippen LogP contribution in [0, 0.1) is 0 Å². The van der Waals surface area contributed by atoms with Crippen LogP contribution >= 0.6 is 12.4 Å². The van der Waals surface area contributed by atoms with Crippen molar-refractivity contribution in [1.29, 1.82) is 0 Å². The average molecular weight is 355 g/mol. The molecule has 2 N–H and O–H groups in total. The SMILES string of the molecule is Cl.O=S(=O)(NC1CCCNC1)c1cnc(-c2ccccc2)nc1. The van der Waals surface area contributed by atoms with E-state index in [1.807, 2.05) is 30.3 Å². The van der Waals surface area contributed by atoms with Gasteiger partial charge in [-0.1, -0.05) is 30.3 Å². The molecule has 0 radical (unpaired) electrons. The Morgan fingerprint density at radius 2 is 1.83 bits per heavy atom. The molecule has 0 bridgehead atoms. The Kier molecular flexibility index (Phi) is 6.06. The first kappa shape index (κ1) is 17.8. The summed E-state index contributed by atoms with van der Waals surface area (Å²) < 4.78 is 27.4. The van der Waals surface area contributed by atoms with Crippen molar-refractivity contribution < 1.29 is 8.42 Å². The first-order valence-electron chi connectivity index (χ1n) is 7.26. The molecule has 1 fully saturated rings. The highest BCUT2D eigenvalue weighted by molar-refractivity contribution is 7.89. The Hall–Kier alpha value is -1.54. The Morgan fingerprint density at radius 3 is 2.43 bits per heavy atom. The van der Waals surface area contributed by atoms with Gasteiger partial charge < -0.3 is 5.32 Å². The van der Waals surface area contributed by atoms with Crippen LogP contribution in [0.3, 0.4) is 0 Å². The van der Waals surface area contributed by atoms with Crippen molar-refractivity contribution in [1.82, 2.24) is 20.0 Å². The normalized spacial score (nSPS) is 18.2. The summed E-state index contributed by atoms with van der Waals surface area (Å²) in [6.07, 6.45) is 4.52. The summed E-state index contributed by atoms with van der Waals surface area (Å²) in [7, 11) is -3.57. The van der Waals surface area contributed by atoms with Gasteiger partial charge in [-0.25, -0.2) is 23.1 Å². The van der Waals surface area contributed by atoms with Gasteiger partial charge in [0.1, 0.15) is 4.90 Å². The minimum absolute atomic E-state index is 0. The molecular weight excluding hydrogens is 336 g/mol. The summed E-state index contributed by atoms with van der Waals surface area (Å²) in [4.78, 5) is 8.42. The highest BCUT2D eigenvalue weighted by Gasteiger charge is 2.22. The number of nitrogens with zero attached hydrogens (tertiary/aromatic N) is 2. The second-order valence-corrected chi connectivity index (χ2v) is 6.99. The average Bonchev–Trinajstić information content (AvgIpc) is 2.56. The van der Waals surface area contributed by atoms with Gasteiger partial charge in [-0.15, -0.1) is 12.4 Å². The Labute approximate surface area is 142 Å². The molecule has 1 atom stereocenters. The highest BCUT2D eigenvalue weighted by Crippen LogP contribution is 2.15. The third-order valence-electron chi connectivity index (χ3n) is 3.59. The fourth-order valence-electron chi connectivity index (χ4n) is 2.43. The molecule has 1 aliphatic heterocycles. The third kappa shape index (κ3) is 4.48. The number of hydrogen-bond donors (Lipinski definition) is 2. The van der Waals surface area contributed by atoms with Crippen LogP contribution in [-0.4, -0.2) is 37.5 Å². The fraction of sp³-hybridized carbons (Fsp3) is 0.333. The van der Waals surface area contributed by atoms with Crippen LogP contribution in [0.15, 0.2) is 47.6 Å². The van der Waals surface area contributed by atoms with Crippen LogP contribution in [0.4, 0.5) is 0 Å². The molecule has 1 saturated heterocycles. The molecule has 1 unspecified atom stereocenters. The van der Waals surface area contributed by atoms with Crippen molar-refractivity contribution in [3.63, 3.8) is 0 Å². The van der Waals surface area contributed by atoms with Gasteiger partial charge in [-0.2, -0.15) is 0 Å². The van der Waals surface area contributed by atoms with Crippen LogP contribution in [0.25, 0.3) is 11.4 Å². The molecule has 8 heteroatoms. The van der Waals surface area contributed by atoms with E-state index < -0.39 is 10.0 Å². The maximum absolute atomic E-state index is 12.3. The molecule has 0 saturated carbocycles.